The highest BCUT2D eigenvalue weighted by Crippen LogP contribution is 2.29. The number of phenolic OH excluding ortho intramolecular Hbond substituents is 1. The predicted molar refractivity (Wildman–Crippen MR) is 115 cm³/mol. The van der Waals surface area contributed by atoms with E-state index in [9.17, 15) is 5.11 Å². The molecular formula is C23H18N4O3. The van der Waals surface area contributed by atoms with Crippen LogP contribution in [0.5, 0.6) is 11.5 Å². The minimum absolute atomic E-state index is 0.0703. The van der Waals surface area contributed by atoms with Gasteiger partial charge in [0.15, 0.2) is 11.5 Å². The molecule has 148 valence electrons. The molecule has 0 radical (unpaired) electrons. The van der Waals surface area contributed by atoms with Gasteiger partial charge < -0.3 is 18.8 Å². The lowest BCUT2D eigenvalue weighted by Crippen LogP contribution is -1.99. The zero-order valence-corrected chi connectivity index (χ0v) is 16.2. The van der Waals surface area contributed by atoms with Crippen molar-refractivity contribution in [3.63, 3.8) is 0 Å². The van der Waals surface area contributed by atoms with Crippen molar-refractivity contribution in [1.82, 2.24) is 14.8 Å². The van der Waals surface area contributed by atoms with Crippen molar-refractivity contribution < 1.29 is 14.3 Å². The van der Waals surface area contributed by atoms with E-state index in [4.69, 9.17) is 9.15 Å². The number of nitrogens with zero attached hydrogens (tertiary/aromatic N) is 4. The maximum Gasteiger partial charge on any atom is 0.342 e. The molecule has 7 nitrogen and oxygen atoms in total. The minimum atomic E-state index is 0.0703. The molecule has 2 aromatic heterocycles. The lowest BCUT2D eigenvalue weighted by atomic mass is 10.2. The summed E-state index contributed by atoms with van der Waals surface area (Å²) in [5.41, 5.74) is 2.96. The number of rotatable bonds is 5. The van der Waals surface area contributed by atoms with Crippen molar-refractivity contribution in [1.29, 1.82) is 0 Å². The average Bonchev–Trinajstić information content (AvgIpc) is 3.36. The quantitative estimate of drug-likeness (QED) is 0.434. The van der Waals surface area contributed by atoms with Gasteiger partial charge in [-0.05, 0) is 35.9 Å². The molecule has 0 amide bonds. The highest BCUT2D eigenvalue weighted by atomic mass is 16.5. The van der Waals surface area contributed by atoms with Crippen LogP contribution in [0.2, 0.25) is 0 Å². The summed E-state index contributed by atoms with van der Waals surface area (Å²) in [5.74, 6) is 0.911. The number of ether oxygens (including phenoxy) is 1. The second-order valence-corrected chi connectivity index (χ2v) is 6.79. The van der Waals surface area contributed by atoms with Gasteiger partial charge in [-0.25, -0.2) is 4.99 Å². The van der Waals surface area contributed by atoms with Crippen molar-refractivity contribution in [2.45, 2.75) is 6.54 Å². The zero-order valence-electron chi connectivity index (χ0n) is 16.2. The summed E-state index contributed by atoms with van der Waals surface area (Å²) in [6.45, 7) is 0.448. The minimum Gasteiger partial charge on any atom is -0.504 e. The zero-order chi connectivity index (χ0) is 20.5. The van der Waals surface area contributed by atoms with Crippen LogP contribution in [-0.2, 0) is 6.54 Å². The first-order valence-corrected chi connectivity index (χ1v) is 9.42. The largest absolute Gasteiger partial charge is 0.504 e. The van der Waals surface area contributed by atoms with Crippen LogP contribution in [0.3, 0.4) is 0 Å². The Morgan fingerprint density at radius 3 is 2.40 bits per heavy atom. The van der Waals surface area contributed by atoms with Gasteiger partial charge in [0.25, 0.3) is 0 Å². The van der Waals surface area contributed by atoms with Crippen LogP contribution in [0.25, 0.3) is 21.8 Å². The van der Waals surface area contributed by atoms with Crippen molar-refractivity contribution >= 4 is 34.0 Å². The molecule has 7 heteroatoms. The summed E-state index contributed by atoms with van der Waals surface area (Å²) in [6, 6.07) is 21.6. The van der Waals surface area contributed by atoms with Crippen molar-refractivity contribution in [2.24, 2.45) is 4.99 Å². The lowest BCUT2D eigenvalue weighted by molar-refractivity contribution is 0.373. The van der Waals surface area contributed by atoms with Crippen LogP contribution in [0.4, 0.5) is 6.01 Å². The smallest absolute Gasteiger partial charge is 0.342 e. The fourth-order valence-corrected chi connectivity index (χ4v) is 3.57. The molecular weight excluding hydrogens is 380 g/mol. The summed E-state index contributed by atoms with van der Waals surface area (Å²) >= 11 is 0. The van der Waals surface area contributed by atoms with Gasteiger partial charge in [0.2, 0.25) is 5.89 Å². The predicted octanol–water partition coefficient (Wildman–Crippen LogP) is 4.69. The maximum atomic E-state index is 9.68. The number of para-hydroxylation sites is 2. The van der Waals surface area contributed by atoms with Gasteiger partial charge in [-0.15, -0.1) is 5.10 Å². The molecule has 0 atom stereocenters. The third-order valence-corrected chi connectivity index (χ3v) is 4.96. The Labute approximate surface area is 171 Å². The fraction of sp³-hybridized carbons (Fsp3) is 0.0870. The number of methoxy groups -OCH3 is 1. The molecule has 5 aromatic rings. The van der Waals surface area contributed by atoms with Gasteiger partial charge in [0, 0.05) is 28.0 Å². The summed E-state index contributed by atoms with van der Waals surface area (Å²) in [7, 11) is 1.49. The van der Waals surface area contributed by atoms with Crippen molar-refractivity contribution in [3.05, 3.63) is 78.2 Å². The summed E-state index contributed by atoms with van der Waals surface area (Å²) in [5, 5.41) is 20.2. The summed E-state index contributed by atoms with van der Waals surface area (Å²) < 4.78 is 13.0. The Balaban J connectivity index is 1.44. The Hall–Kier alpha value is -4.13. The maximum absolute atomic E-state index is 9.68. The van der Waals surface area contributed by atoms with E-state index < -0.39 is 0 Å². The number of phenols is 1. The van der Waals surface area contributed by atoms with Crippen molar-refractivity contribution in [3.8, 4) is 11.5 Å². The number of hydrogen-bond donors (Lipinski definition) is 1. The van der Waals surface area contributed by atoms with E-state index in [1.54, 1.807) is 24.4 Å². The van der Waals surface area contributed by atoms with Gasteiger partial charge in [-0.1, -0.05) is 41.5 Å². The first kappa shape index (κ1) is 17.9. The number of benzene rings is 3. The molecule has 2 heterocycles. The molecule has 0 aliphatic heterocycles. The molecule has 0 unspecified atom stereocenters. The third-order valence-electron chi connectivity index (χ3n) is 4.96. The second kappa shape index (κ2) is 7.36. The molecule has 30 heavy (non-hydrogen) atoms. The van der Waals surface area contributed by atoms with Gasteiger partial charge in [-0.3, -0.25) is 0 Å². The Bertz CT molecular complexity index is 1330. The molecule has 0 aliphatic carbocycles. The SMILES string of the molecule is COc1cc(/C=N/c2nnc(Cn3c4ccccc4c4ccccc43)o2)ccc1O. The molecule has 0 saturated carbocycles. The van der Waals surface area contributed by atoms with Gasteiger partial charge in [-0.2, -0.15) is 0 Å². The van der Waals surface area contributed by atoms with Crippen LogP contribution in [0, 0.1) is 0 Å². The van der Waals surface area contributed by atoms with Crippen LogP contribution in [0.1, 0.15) is 11.5 Å². The molecule has 0 saturated heterocycles. The van der Waals surface area contributed by atoms with Gasteiger partial charge >= 0.3 is 6.01 Å². The van der Waals surface area contributed by atoms with Crippen LogP contribution in [-0.4, -0.2) is 33.2 Å². The third kappa shape index (κ3) is 3.16. The van der Waals surface area contributed by atoms with E-state index in [1.165, 1.54) is 17.9 Å². The normalized spacial score (nSPS) is 11.6. The van der Waals surface area contributed by atoms with Crippen molar-refractivity contribution in [2.75, 3.05) is 7.11 Å². The number of fused-ring (bicyclic) bond motifs is 3. The molecule has 0 spiro atoms. The molecule has 3 aromatic carbocycles. The molecule has 0 aliphatic rings. The Kier molecular flexibility index (Phi) is 4.40. The average molecular weight is 398 g/mol. The first-order chi connectivity index (χ1) is 14.7. The molecule has 0 bridgehead atoms. The highest BCUT2D eigenvalue weighted by Gasteiger charge is 2.13. The lowest BCUT2D eigenvalue weighted by Gasteiger charge is -2.03. The highest BCUT2D eigenvalue weighted by molar-refractivity contribution is 6.08. The standard InChI is InChI=1S/C23H18N4O3/c1-29-21-12-15(10-11-20(21)28)13-24-23-26-25-22(30-23)14-27-18-8-4-2-6-16(18)17-7-3-5-9-19(17)27/h2-13,28H,14H2,1H3/b24-13+. The Morgan fingerprint density at radius 2 is 1.70 bits per heavy atom. The van der Waals surface area contributed by atoms with E-state index in [0.29, 0.717) is 18.2 Å². The van der Waals surface area contributed by atoms with Gasteiger partial charge in [0.05, 0.1) is 7.11 Å². The molecule has 1 N–H and O–H groups in total. The molecule has 0 fully saturated rings. The van der Waals surface area contributed by atoms with E-state index in [1.807, 2.05) is 24.3 Å². The van der Waals surface area contributed by atoms with E-state index in [2.05, 4.69) is 44.0 Å². The number of aromatic hydroxyl groups is 1. The van der Waals surface area contributed by atoms with Gasteiger partial charge in [0.1, 0.15) is 6.54 Å². The van der Waals surface area contributed by atoms with Crippen LogP contribution in [0.15, 0.2) is 76.1 Å². The molecule has 5 rings (SSSR count). The fourth-order valence-electron chi connectivity index (χ4n) is 3.57. The summed E-state index contributed by atoms with van der Waals surface area (Å²) in [6.07, 6.45) is 1.58. The topological polar surface area (TPSA) is 85.7 Å². The monoisotopic (exact) mass is 398 g/mol. The number of aliphatic imine (C=N–C) groups is 1. The first-order valence-electron chi connectivity index (χ1n) is 9.42. The van der Waals surface area contributed by atoms with E-state index >= 15 is 0 Å². The van der Waals surface area contributed by atoms with E-state index in [0.717, 1.165) is 16.6 Å². The van der Waals surface area contributed by atoms with Crippen LogP contribution >= 0.6 is 0 Å². The van der Waals surface area contributed by atoms with E-state index in [-0.39, 0.29) is 11.8 Å². The number of aromatic nitrogens is 3. The Morgan fingerprint density at radius 1 is 1.00 bits per heavy atom. The number of hydrogen-bond acceptors (Lipinski definition) is 6. The van der Waals surface area contributed by atoms with Crippen LogP contribution < -0.4 is 4.74 Å². The summed E-state index contributed by atoms with van der Waals surface area (Å²) in [4.78, 5) is 4.24. The second-order valence-electron chi connectivity index (χ2n) is 6.79.